The Labute approximate surface area is 157 Å². The molecule has 26 heavy (non-hydrogen) atoms. The molecular weight excluding hydrogens is 350 g/mol. The summed E-state index contributed by atoms with van der Waals surface area (Å²) in [6.07, 6.45) is 4.87. The lowest BCUT2D eigenvalue weighted by molar-refractivity contribution is -0.130. The van der Waals surface area contributed by atoms with Crippen molar-refractivity contribution in [3.63, 3.8) is 0 Å². The predicted octanol–water partition coefficient (Wildman–Crippen LogP) is 2.79. The molecule has 1 atom stereocenters. The van der Waals surface area contributed by atoms with Crippen LogP contribution in [0.5, 0.6) is 11.8 Å². The SMILES string of the molecule is COc1cncc(OC2CCCN(C(=O)CSCc3ccccc3)C2)n1. The number of aromatic nitrogens is 2. The molecule has 3 rings (SSSR count). The monoisotopic (exact) mass is 373 g/mol. The Morgan fingerprint density at radius 2 is 2.08 bits per heavy atom. The zero-order valence-electron chi connectivity index (χ0n) is 14.8. The predicted molar refractivity (Wildman–Crippen MR) is 101 cm³/mol. The van der Waals surface area contributed by atoms with Crippen molar-refractivity contribution in [1.82, 2.24) is 14.9 Å². The summed E-state index contributed by atoms with van der Waals surface area (Å²) in [5, 5.41) is 0. The lowest BCUT2D eigenvalue weighted by Gasteiger charge is -2.32. The number of nitrogens with zero attached hydrogens (tertiary/aromatic N) is 3. The second kappa shape index (κ2) is 9.43. The van der Waals surface area contributed by atoms with E-state index in [0.717, 1.165) is 25.1 Å². The van der Waals surface area contributed by atoms with Crippen LogP contribution in [0.25, 0.3) is 0 Å². The fourth-order valence-corrected chi connectivity index (χ4v) is 3.73. The summed E-state index contributed by atoms with van der Waals surface area (Å²) in [6, 6.07) is 10.2. The van der Waals surface area contributed by atoms with Crippen LogP contribution in [0.15, 0.2) is 42.7 Å². The molecule has 2 heterocycles. The van der Waals surface area contributed by atoms with Crippen molar-refractivity contribution in [2.75, 3.05) is 26.0 Å². The first-order valence-corrected chi connectivity index (χ1v) is 9.82. The van der Waals surface area contributed by atoms with Gasteiger partial charge in [-0.15, -0.1) is 11.8 Å². The summed E-state index contributed by atoms with van der Waals surface area (Å²) in [7, 11) is 1.54. The quantitative estimate of drug-likeness (QED) is 0.744. The van der Waals surface area contributed by atoms with Crippen molar-refractivity contribution >= 4 is 17.7 Å². The minimum absolute atomic E-state index is 0.0618. The molecule has 7 heteroatoms. The normalized spacial score (nSPS) is 17.0. The van der Waals surface area contributed by atoms with Gasteiger partial charge in [-0.05, 0) is 18.4 Å². The molecule has 2 aromatic rings. The minimum Gasteiger partial charge on any atom is -0.480 e. The van der Waals surface area contributed by atoms with E-state index in [9.17, 15) is 4.79 Å². The van der Waals surface area contributed by atoms with Crippen LogP contribution in [0, 0.1) is 0 Å². The highest BCUT2D eigenvalue weighted by atomic mass is 32.2. The van der Waals surface area contributed by atoms with Crippen molar-refractivity contribution in [2.45, 2.75) is 24.7 Å². The van der Waals surface area contributed by atoms with E-state index < -0.39 is 0 Å². The van der Waals surface area contributed by atoms with E-state index in [1.54, 1.807) is 25.1 Å². The molecule has 1 aliphatic rings. The van der Waals surface area contributed by atoms with E-state index in [-0.39, 0.29) is 12.0 Å². The molecule has 1 fully saturated rings. The van der Waals surface area contributed by atoms with Gasteiger partial charge in [0.2, 0.25) is 17.7 Å². The van der Waals surface area contributed by atoms with Crippen LogP contribution in [0.2, 0.25) is 0 Å². The third kappa shape index (κ3) is 5.36. The highest BCUT2D eigenvalue weighted by Crippen LogP contribution is 2.19. The number of ether oxygens (including phenoxy) is 2. The molecule has 0 saturated carbocycles. The van der Waals surface area contributed by atoms with Crippen molar-refractivity contribution in [3.8, 4) is 11.8 Å². The van der Waals surface area contributed by atoms with E-state index in [1.807, 2.05) is 23.1 Å². The third-order valence-corrected chi connectivity index (χ3v) is 5.14. The first-order valence-electron chi connectivity index (χ1n) is 8.66. The number of amides is 1. The second-order valence-corrected chi connectivity index (χ2v) is 7.09. The first kappa shape index (κ1) is 18.5. The number of hydrogen-bond acceptors (Lipinski definition) is 6. The standard InChI is InChI=1S/C19H23N3O3S/c1-24-17-10-20-11-18(21-17)25-16-8-5-9-22(12-16)19(23)14-26-13-15-6-3-2-4-7-15/h2-4,6-7,10-11,16H,5,8-9,12-14H2,1H3. The molecule has 0 bridgehead atoms. The van der Waals surface area contributed by atoms with Gasteiger partial charge in [0.05, 0.1) is 31.8 Å². The summed E-state index contributed by atoms with van der Waals surface area (Å²) < 4.78 is 11.0. The van der Waals surface area contributed by atoms with Crippen LogP contribution in [0.1, 0.15) is 18.4 Å². The summed E-state index contributed by atoms with van der Waals surface area (Å²) in [5.41, 5.74) is 1.24. The maximum absolute atomic E-state index is 12.5. The smallest absolute Gasteiger partial charge is 0.235 e. The molecule has 1 amide bonds. The van der Waals surface area contributed by atoms with Crippen molar-refractivity contribution in [2.24, 2.45) is 0 Å². The average molecular weight is 373 g/mol. The minimum atomic E-state index is -0.0618. The zero-order valence-corrected chi connectivity index (χ0v) is 15.7. The summed E-state index contributed by atoms with van der Waals surface area (Å²) in [5.74, 6) is 2.35. The number of benzene rings is 1. The van der Waals surface area contributed by atoms with Crippen molar-refractivity contribution in [3.05, 3.63) is 48.3 Å². The van der Waals surface area contributed by atoms with Crippen LogP contribution >= 0.6 is 11.8 Å². The Balaban J connectivity index is 1.47. The van der Waals surface area contributed by atoms with Gasteiger partial charge in [0.25, 0.3) is 0 Å². The Bertz CT molecular complexity index is 714. The summed E-state index contributed by atoms with van der Waals surface area (Å²) in [6.45, 7) is 1.37. The third-order valence-electron chi connectivity index (χ3n) is 4.15. The zero-order chi connectivity index (χ0) is 18.2. The maximum Gasteiger partial charge on any atom is 0.235 e. The fraction of sp³-hybridized carbons (Fsp3) is 0.421. The molecule has 1 saturated heterocycles. The van der Waals surface area contributed by atoms with Crippen LogP contribution in [-0.4, -0.2) is 52.8 Å². The first-order chi connectivity index (χ1) is 12.7. The number of piperidine rings is 1. The van der Waals surface area contributed by atoms with E-state index in [2.05, 4.69) is 22.1 Å². The molecular formula is C19H23N3O3S. The van der Waals surface area contributed by atoms with Gasteiger partial charge in [0, 0.05) is 12.3 Å². The molecule has 6 nitrogen and oxygen atoms in total. The number of carbonyl (C=O) groups excluding carboxylic acids is 1. The number of thioether (sulfide) groups is 1. The molecule has 0 radical (unpaired) electrons. The highest BCUT2D eigenvalue weighted by Gasteiger charge is 2.25. The molecule has 0 spiro atoms. The van der Waals surface area contributed by atoms with Gasteiger partial charge < -0.3 is 14.4 Å². The van der Waals surface area contributed by atoms with E-state index in [4.69, 9.17) is 9.47 Å². The Morgan fingerprint density at radius 1 is 1.27 bits per heavy atom. The molecule has 1 aliphatic heterocycles. The highest BCUT2D eigenvalue weighted by molar-refractivity contribution is 7.99. The van der Waals surface area contributed by atoms with Crippen LogP contribution in [0.4, 0.5) is 0 Å². The van der Waals surface area contributed by atoms with E-state index in [0.29, 0.717) is 24.1 Å². The summed E-state index contributed by atoms with van der Waals surface area (Å²) >= 11 is 1.65. The van der Waals surface area contributed by atoms with Crippen LogP contribution in [0.3, 0.4) is 0 Å². The lowest BCUT2D eigenvalue weighted by atomic mass is 10.1. The maximum atomic E-state index is 12.5. The Hall–Kier alpha value is -2.28. The number of carbonyl (C=O) groups is 1. The lowest BCUT2D eigenvalue weighted by Crippen LogP contribution is -2.45. The van der Waals surface area contributed by atoms with Crippen molar-refractivity contribution in [1.29, 1.82) is 0 Å². The molecule has 0 N–H and O–H groups in total. The fourth-order valence-electron chi connectivity index (χ4n) is 2.84. The number of hydrogen-bond donors (Lipinski definition) is 0. The van der Waals surface area contributed by atoms with Gasteiger partial charge in [0.1, 0.15) is 6.10 Å². The average Bonchev–Trinajstić information content (AvgIpc) is 2.69. The molecule has 0 aliphatic carbocycles. The van der Waals surface area contributed by atoms with E-state index in [1.165, 1.54) is 11.8 Å². The van der Waals surface area contributed by atoms with Gasteiger partial charge >= 0.3 is 0 Å². The van der Waals surface area contributed by atoms with Crippen LogP contribution < -0.4 is 9.47 Å². The topological polar surface area (TPSA) is 64.6 Å². The number of methoxy groups -OCH3 is 1. The summed E-state index contributed by atoms with van der Waals surface area (Å²) in [4.78, 5) is 22.6. The van der Waals surface area contributed by atoms with Gasteiger partial charge in [-0.25, -0.2) is 0 Å². The number of rotatable bonds is 7. The van der Waals surface area contributed by atoms with Gasteiger partial charge in [0.15, 0.2) is 0 Å². The number of likely N-dealkylation sites (tertiary alicyclic amines) is 1. The Morgan fingerprint density at radius 3 is 2.88 bits per heavy atom. The van der Waals surface area contributed by atoms with E-state index >= 15 is 0 Å². The molecule has 138 valence electrons. The molecule has 1 aromatic heterocycles. The van der Waals surface area contributed by atoms with Gasteiger partial charge in [-0.3, -0.25) is 9.78 Å². The van der Waals surface area contributed by atoms with Crippen molar-refractivity contribution < 1.29 is 14.3 Å². The molecule has 1 aromatic carbocycles. The largest absolute Gasteiger partial charge is 0.480 e. The molecule has 1 unspecified atom stereocenters. The van der Waals surface area contributed by atoms with Gasteiger partial charge in [-0.1, -0.05) is 30.3 Å². The Kier molecular flexibility index (Phi) is 6.71. The van der Waals surface area contributed by atoms with Gasteiger partial charge in [-0.2, -0.15) is 4.98 Å². The van der Waals surface area contributed by atoms with Crippen LogP contribution in [-0.2, 0) is 10.5 Å². The second-order valence-electron chi connectivity index (χ2n) is 6.10.